The fourth-order valence-corrected chi connectivity index (χ4v) is 3.30. The van der Waals surface area contributed by atoms with Crippen molar-refractivity contribution in [1.82, 2.24) is 10.6 Å². The Labute approximate surface area is 166 Å². The van der Waals surface area contributed by atoms with Gasteiger partial charge in [-0.1, -0.05) is 36.4 Å². The summed E-state index contributed by atoms with van der Waals surface area (Å²) in [5, 5.41) is 5.27. The van der Waals surface area contributed by atoms with Gasteiger partial charge in [0.1, 0.15) is 11.9 Å². The van der Waals surface area contributed by atoms with Gasteiger partial charge < -0.3 is 15.4 Å². The van der Waals surface area contributed by atoms with Crippen LogP contribution in [-0.2, 0) is 22.2 Å². The largest absolute Gasteiger partial charge is 0.487 e. The number of hydrogen-bond acceptors (Lipinski definition) is 3. The van der Waals surface area contributed by atoms with Crippen LogP contribution in [0.5, 0.6) is 5.75 Å². The molecule has 8 heteroatoms. The minimum absolute atomic E-state index is 0.0665. The fourth-order valence-electron chi connectivity index (χ4n) is 3.30. The zero-order valence-electron chi connectivity index (χ0n) is 15.8. The molecular weight excluding hydrogens is 385 g/mol. The van der Waals surface area contributed by atoms with Gasteiger partial charge in [0.05, 0.1) is 12.1 Å². The topological polar surface area (TPSA) is 67.4 Å². The standard InChI is InChI=1S/C21H21F3N2O3/c1-13(27)25-10-9-19(28)26-12-15-11-14-5-4-7-17(20(14)29-15)16-6-2-3-8-18(16)21(22,23)24/h2-8,15H,9-12H2,1H3,(H,25,27)(H,26,28)/t15-/m0/s1. The maximum Gasteiger partial charge on any atom is 0.417 e. The lowest BCUT2D eigenvalue weighted by atomic mass is 9.96. The van der Waals surface area contributed by atoms with Gasteiger partial charge in [-0.3, -0.25) is 9.59 Å². The summed E-state index contributed by atoms with van der Waals surface area (Å²) in [6, 6.07) is 10.5. The SMILES string of the molecule is CC(=O)NCCC(=O)NC[C@@H]1Cc2cccc(-c3ccccc3C(F)(F)F)c2O1. The molecule has 0 saturated carbocycles. The molecule has 0 saturated heterocycles. The second-order valence-electron chi connectivity index (χ2n) is 6.82. The first-order valence-electron chi connectivity index (χ1n) is 9.22. The highest BCUT2D eigenvalue weighted by atomic mass is 19.4. The summed E-state index contributed by atoms with van der Waals surface area (Å²) in [7, 11) is 0. The van der Waals surface area contributed by atoms with E-state index >= 15 is 0 Å². The Bertz CT molecular complexity index is 912. The molecule has 2 aromatic carbocycles. The van der Waals surface area contributed by atoms with Crippen molar-refractivity contribution in [2.24, 2.45) is 0 Å². The van der Waals surface area contributed by atoms with Crippen molar-refractivity contribution < 1.29 is 27.5 Å². The van der Waals surface area contributed by atoms with Gasteiger partial charge in [-0.05, 0) is 17.2 Å². The van der Waals surface area contributed by atoms with E-state index in [1.165, 1.54) is 19.1 Å². The van der Waals surface area contributed by atoms with E-state index in [0.717, 1.165) is 11.6 Å². The predicted octanol–water partition coefficient (Wildman–Crippen LogP) is 3.32. The molecule has 3 rings (SSSR count). The second-order valence-corrected chi connectivity index (χ2v) is 6.82. The second kappa shape index (κ2) is 8.55. The number of fused-ring (bicyclic) bond motifs is 1. The summed E-state index contributed by atoms with van der Waals surface area (Å²) in [5.41, 5.74) is 0.537. The number of alkyl halides is 3. The molecule has 1 atom stereocenters. The molecule has 0 aliphatic carbocycles. The van der Waals surface area contributed by atoms with Crippen LogP contribution < -0.4 is 15.4 Å². The number of para-hydroxylation sites is 1. The van der Waals surface area contributed by atoms with Crippen molar-refractivity contribution in [3.05, 3.63) is 53.6 Å². The summed E-state index contributed by atoms with van der Waals surface area (Å²) in [5.74, 6) is -0.0262. The van der Waals surface area contributed by atoms with Crippen molar-refractivity contribution in [1.29, 1.82) is 0 Å². The molecule has 1 aliphatic rings. The lowest BCUT2D eigenvalue weighted by Gasteiger charge is -2.16. The maximum atomic E-state index is 13.4. The Kier molecular flexibility index (Phi) is 6.10. The van der Waals surface area contributed by atoms with Crippen LogP contribution in [0.1, 0.15) is 24.5 Å². The van der Waals surface area contributed by atoms with Crippen molar-refractivity contribution in [3.63, 3.8) is 0 Å². The van der Waals surface area contributed by atoms with Crippen LogP contribution in [0.15, 0.2) is 42.5 Å². The fraction of sp³-hybridized carbons (Fsp3) is 0.333. The average Bonchev–Trinajstić information content (AvgIpc) is 3.08. The Balaban J connectivity index is 1.70. The summed E-state index contributed by atoms with van der Waals surface area (Å²) in [4.78, 5) is 22.7. The Hall–Kier alpha value is -3.03. The first kappa shape index (κ1) is 20.7. The molecular formula is C21H21F3N2O3. The van der Waals surface area contributed by atoms with E-state index in [2.05, 4.69) is 10.6 Å². The van der Waals surface area contributed by atoms with E-state index in [1.54, 1.807) is 18.2 Å². The lowest BCUT2D eigenvalue weighted by Crippen LogP contribution is -2.36. The molecule has 0 radical (unpaired) electrons. The normalized spacial score (nSPS) is 15.4. The molecule has 2 N–H and O–H groups in total. The van der Waals surface area contributed by atoms with E-state index in [-0.39, 0.29) is 43.0 Å². The number of carbonyl (C=O) groups excluding carboxylic acids is 2. The number of nitrogens with one attached hydrogen (secondary N) is 2. The van der Waals surface area contributed by atoms with Gasteiger partial charge >= 0.3 is 6.18 Å². The van der Waals surface area contributed by atoms with E-state index in [4.69, 9.17) is 4.74 Å². The van der Waals surface area contributed by atoms with Gasteiger partial charge in [0.25, 0.3) is 0 Å². The molecule has 1 aliphatic heterocycles. The quantitative estimate of drug-likeness (QED) is 0.774. The highest BCUT2D eigenvalue weighted by Crippen LogP contribution is 2.43. The molecule has 154 valence electrons. The van der Waals surface area contributed by atoms with Gasteiger partial charge in [-0.2, -0.15) is 13.2 Å². The van der Waals surface area contributed by atoms with E-state index in [1.807, 2.05) is 6.07 Å². The van der Waals surface area contributed by atoms with Crippen LogP contribution in [0.25, 0.3) is 11.1 Å². The first-order chi connectivity index (χ1) is 13.8. The number of rotatable bonds is 6. The smallest absolute Gasteiger partial charge is 0.417 e. The first-order valence-corrected chi connectivity index (χ1v) is 9.22. The van der Waals surface area contributed by atoms with Crippen LogP contribution in [0.2, 0.25) is 0 Å². The molecule has 29 heavy (non-hydrogen) atoms. The number of carbonyl (C=O) groups is 2. The van der Waals surface area contributed by atoms with Crippen LogP contribution in [-0.4, -0.2) is 31.0 Å². The third-order valence-corrected chi connectivity index (χ3v) is 4.60. The number of halogens is 3. The number of benzene rings is 2. The van der Waals surface area contributed by atoms with Gasteiger partial charge in [0.15, 0.2) is 0 Å². The molecule has 0 fully saturated rings. The summed E-state index contributed by atoms with van der Waals surface area (Å²) in [6.45, 7) is 1.84. The molecule has 2 amide bonds. The molecule has 0 bridgehead atoms. The lowest BCUT2D eigenvalue weighted by molar-refractivity contribution is -0.137. The summed E-state index contributed by atoms with van der Waals surface area (Å²) < 4.78 is 46.1. The third kappa shape index (κ3) is 5.07. The Morgan fingerprint density at radius 2 is 1.79 bits per heavy atom. The molecule has 0 aromatic heterocycles. The molecule has 1 heterocycles. The van der Waals surface area contributed by atoms with Gasteiger partial charge in [0, 0.05) is 31.9 Å². The van der Waals surface area contributed by atoms with E-state index < -0.39 is 11.7 Å². The maximum absolute atomic E-state index is 13.4. The number of hydrogen-bond donors (Lipinski definition) is 2. The molecule has 0 spiro atoms. The van der Waals surface area contributed by atoms with Gasteiger partial charge in [0.2, 0.25) is 11.8 Å². The molecule has 2 aromatic rings. The highest BCUT2D eigenvalue weighted by molar-refractivity contribution is 5.78. The third-order valence-electron chi connectivity index (χ3n) is 4.60. The monoisotopic (exact) mass is 406 g/mol. The van der Waals surface area contributed by atoms with Gasteiger partial charge in [-0.15, -0.1) is 0 Å². The van der Waals surface area contributed by atoms with Crippen molar-refractivity contribution in [2.75, 3.05) is 13.1 Å². The van der Waals surface area contributed by atoms with Crippen molar-refractivity contribution in [3.8, 4) is 16.9 Å². The van der Waals surface area contributed by atoms with E-state index in [9.17, 15) is 22.8 Å². The van der Waals surface area contributed by atoms with Crippen LogP contribution in [0.4, 0.5) is 13.2 Å². The Morgan fingerprint density at radius 3 is 2.52 bits per heavy atom. The number of ether oxygens (including phenoxy) is 1. The van der Waals surface area contributed by atoms with Gasteiger partial charge in [-0.25, -0.2) is 0 Å². The highest BCUT2D eigenvalue weighted by Gasteiger charge is 2.35. The number of amides is 2. The minimum Gasteiger partial charge on any atom is -0.487 e. The van der Waals surface area contributed by atoms with E-state index in [0.29, 0.717) is 17.7 Å². The molecule has 5 nitrogen and oxygen atoms in total. The molecule has 0 unspecified atom stereocenters. The average molecular weight is 406 g/mol. The summed E-state index contributed by atoms with van der Waals surface area (Å²) in [6.07, 6.45) is -4.21. The van der Waals surface area contributed by atoms with Crippen molar-refractivity contribution >= 4 is 11.8 Å². The zero-order valence-corrected chi connectivity index (χ0v) is 15.8. The predicted molar refractivity (Wildman–Crippen MR) is 101 cm³/mol. The van der Waals surface area contributed by atoms with Crippen molar-refractivity contribution in [2.45, 2.75) is 32.0 Å². The Morgan fingerprint density at radius 1 is 1.07 bits per heavy atom. The minimum atomic E-state index is -4.47. The summed E-state index contributed by atoms with van der Waals surface area (Å²) >= 11 is 0. The van der Waals surface area contributed by atoms with Crippen LogP contribution in [0, 0.1) is 0 Å². The zero-order chi connectivity index (χ0) is 21.0. The van der Waals surface area contributed by atoms with Crippen LogP contribution >= 0.6 is 0 Å². The van der Waals surface area contributed by atoms with Crippen LogP contribution in [0.3, 0.4) is 0 Å².